The zero-order valence-corrected chi connectivity index (χ0v) is 33.9. The van der Waals surface area contributed by atoms with E-state index in [1.54, 1.807) is 0 Å². The lowest BCUT2D eigenvalue weighted by atomic mass is 9.62. The lowest BCUT2D eigenvalue weighted by Crippen LogP contribution is -2.38. The lowest BCUT2D eigenvalue weighted by Gasteiger charge is -2.46. The first kappa shape index (κ1) is 35.7. The highest BCUT2D eigenvalue weighted by molar-refractivity contribution is 6.17. The molecule has 0 fully saturated rings. The molecule has 0 spiro atoms. The van der Waals surface area contributed by atoms with Crippen molar-refractivity contribution >= 4 is 50.0 Å². The van der Waals surface area contributed by atoms with E-state index in [2.05, 4.69) is 203 Å². The van der Waals surface area contributed by atoms with Crippen molar-refractivity contribution in [2.24, 2.45) is 7.05 Å². The number of pyridine rings is 1. The van der Waals surface area contributed by atoms with Crippen LogP contribution in [0.4, 0.5) is 17.1 Å². The SMILES string of the molecule is Cn1c(-c2cccc(Oc3cccc(-n4c5ccccc5c5c6c(cnc54)C(c4ccccc4)(c4ccccc4)c4ccccc4N6c4ccccc4)c3)c2)nc2ccccc21. The van der Waals surface area contributed by atoms with Crippen molar-refractivity contribution in [3.63, 3.8) is 0 Å². The van der Waals surface area contributed by atoms with Gasteiger partial charge >= 0.3 is 0 Å². The Bertz CT molecular complexity index is 3420. The van der Waals surface area contributed by atoms with Crippen molar-refractivity contribution in [2.45, 2.75) is 5.41 Å². The standard InChI is InChI=1S/C56H39N5O/c1-59-51-34-16-13-31-48(51)58-54(59)38-19-17-27-43(35-38)62-44-28-18-26-42(36-44)61-49-32-14-11-29-45(49)52-53-47(37-57-55(52)61)56(39-20-5-2-6-21-39,40-22-7-3-8-23-40)46-30-12-15-33-50(46)60(53)41-24-9-4-10-25-41/h2-37H,1H3. The molecular weight excluding hydrogens is 759 g/mol. The average molecular weight is 798 g/mol. The van der Waals surface area contributed by atoms with Gasteiger partial charge in [0.05, 0.1) is 44.4 Å². The molecule has 0 aliphatic carbocycles. The van der Waals surface area contributed by atoms with E-state index in [-0.39, 0.29) is 0 Å². The van der Waals surface area contributed by atoms with Gasteiger partial charge in [-0.25, -0.2) is 9.97 Å². The van der Waals surface area contributed by atoms with Gasteiger partial charge in [0, 0.05) is 41.5 Å². The van der Waals surface area contributed by atoms with Crippen molar-refractivity contribution in [1.82, 2.24) is 19.1 Å². The Morgan fingerprint density at radius 1 is 0.516 bits per heavy atom. The van der Waals surface area contributed by atoms with Crippen molar-refractivity contribution in [2.75, 3.05) is 4.90 Å². The number of hydrogen-bond donors (Lipinski definition) is 0. The smallest absolute Gasteiger partial charge is 0.147 e. The molecule has 11 aromatic rings. The van der Waals surface area contributed by atoms with Crippen LogP contribution in [0.3, 0.4) is 0 Å². The second-order valence-electron chi connectivity index (χ2n) is 15.9. The summed E-state index contributed by atoms with van der Waals surface area (Å²) in [5.41, 5.74) is 13.2. The lowest BCUT2D eigenvalue weighted by molar-refractivity contribution is 0.482. The normalized spacial score (nSPS) is 13.0. The molecule has 0 atom stereocenters. The van der Waals surface area contributed by atoms with Gasteiger partial charge < -0.3 is 14.2 Å². The molecule has 0 saturated heterocycles. The van der Waals surface area contributed by atoms with Crippen LogP contribution < -0.4 is 9.64 Å². The highest BCUT2D eigenvalue weighted by Crippen LogP contribution is 2.59. The molecule has 0 saturated carbocycles. The molecule has 1 aliphatic rings. The van der Waals surface area contributed by atoms with E-state index in [4.69, 9.17) is 14.7 Å². The van der Waals surface area contributed by atoms with E-state index < -0.39 is 5.41 Å². The maximum absolute atomic E-state index is 6.67. The van der Waals surface area contributed by atoms with E-state index in [1.165, 1.54) is 16.7 Å². The molecule has 0 unspecified atom stereocenters. The van der Waals surface area contributed by atoms with Crippen LogP contribution in [0, 0.1) is 0 Å². The second kappa shape index (κ2) is 14.2. The molecule has 6 nitrogen and oxygen atoms in total. The predicted octanol–water partition coefficient (Wildman–Crippen LogP) is 13.7. The first-order chi connectivity index (χ1) is 30.7. The van der Waals surface area contributed by atoms with Crippen LogP contribution in [0.1, 0.15) is 22.3 Å². The van der Waals surface area contributed by atoms with Gasteiger partial charge in [0.1, 0.15) is 23.0 Å². The fourth-order valence-corrected chi connectivity index (χ4v) is 9.86. The van der Waals surface area contributed by atoms with Gasteiger partial charge in [0.15, 0.2) is 0 Å². The molecular formula is C56H39N5O. The summed E-state index contributed by atoms with van der Waals surface area (Å²) in [6, 6.07) is 74.8. The maximum atomic E-state index is 6.67. The highest BCUT2D eigenvalue weighted by atomic mass is 16.5. The Kier molecular flexibility index (Phi) is 8.18. The Labute approximate surface area is 359 Å². The van der Waals surface area contributed by atoms with Crippen LogP contribution in [-0.2, 0) is 12.5 Å². The highest BCUT2D eigenvalue weighted by Gasteiger charge is 2.48. The van der Waals surface area contributed by atoms with Gasteiger partial charge in [-0.1, -0.05) is 146 Å². The Hall–Kier alpha value is -8.22. The molecule has 12 rings (SSSR count). The fraction of sp³-hybridized carbons (Fsp3) is 0.0357. The number of imidazole rings is 1. The summed E-state index contributed by atoms with van der Waals surface area (Å²) in [6.07, 6.45) is 2.13. The number of aryl methyl sites for hydroxylation is 1. The van der Waals surface area contributed by atoms with Crippen LogP contribution in [0.2, 0.25) is 0 Å². The van der Waals surface area contributed by atoms with Crippen LogP contribution in [0.15, 0.2) is 219 Å². The van der Waals surface area contributed by atoms with Gasteiger partial charge in [-0.3, -0.25) is 4.57 Å². The zero-order valence-electron chi connectivity index (χ0n) is 33.9. The number of fused-ring (bicyclic) bond motifs is 7. The van der Waals surface area contributed by atoms with Crippen LogP contribution in [-0.4, -0.2) is 19.1 Å². The molecule has 1 aliphatic heterocycles. The average Bonchev–Trinajstić information content (AvgIpc) is 3.86. The Balaban J connectivity index is 1.08. The van der Waals surface area contributed by atoms with E-state index >= 15 is 0 Å². The monoisotopic (exact) mass is 797 g/mol. The first-order valence-corrected chi connectivity index (χ1v) is 21.0. The minimum absolute atomic E-state index is 0.673. The molecule has 294 valence electrons. The van der Waals surface area contributed by atoms with E-state index in [0.717, 1.165) is 84.2 Å². The number of aromatic nitrogens is 4. The predicted molar refractivity (Wildman–Crippen MR) is 251 cm³/mol. The topological polar surface area (TPSA) is 48.1 Å². The molecule has 6 heteroatoms. The molecule has 3 aromatic heterocycles. The summed E-state index contributed by atoms with van der Waals surface area (Å²) in [7, 11) is 2.06. The third-order valence-corrected chi connectivity index (χ3v) is 12.5. The zero-order chi connectivity index (χ0) is 41.2. The second-order valence-corrected chi connectivity index (χ2v) is 15.9. The number of benzene rings is 8. The van der Waals surface area contributed by atoms with Crippen molar-refractivity contribution in [3.05, 3.63) is 241 Å². The third-order valence-electron chi connectivity index (χ3n) is 12.5. The number of hydrogen-bond acceptors (Lipinski definition) is 4. The number of para-hydroxylation sites is 5. The van der Waals surface area contributed by atoms with E-state index in [1.807, 2.05) is 36.4 Å². The maximum Gasteiger partial charge on any atom is 0.147 e. The van der Waals surface area contributed by atoms with Crippen LogP contribution in [0.25, 0.3) is 50.0 Å². The van der Waals surface area contributed by atoms with Gasteiger partial charge in [-0.2, -0.15) is 0 Å². The first-order valence-electron chi connectivity index (χ1n) is 21.0. The number of nitrogens with zero attached hydrogens (tertiary/aromatic N) is 5. The summed E-state index contributed by atoms with van der Waals surface area (Å²) in [5, 5.41) is 2.19. The summed E-state index contributed by atoms with van der Waals surface area (Å²) in [4.78, 5) is 12.9. The molecule has 0 N–H and O–H groups in total. The van der Waals surface area contributed by atoms with E-state index in [0.29, 0.717) is 0 Å². The molecule has 0 amide bonds. The minimum Gasteiger partial charge on any atom is -0.457 e. The quantitative estimate of drug-likeness (QED) is 0.161. The third kappa shape index (κ3) is 5.36. The van der Waals surface area contributed by atoms with Gasteiger partial charge in [0.2, 0.25) is 0 Å². The molecule has 0 bridgehead atoms. The summed E-state index contributed by atoms with van der Waals surface area (Å²) in [6.45, 7) is 0. The minimum atomic E-state index is -0.673. The molecule has 8 aromatic carbocycles. The van der Waals surface area contributed by atoms with Crippen LogP contribution in [0.5, 0.6) is 11.5 Å². The molecule has 62 heavy (non-hydrogen) atoms. The van der Waals surface area contributed by atoms with Gasteiger partial charge in [0.25, 0.3) is 0 Å². The number of anilines is 3. The van der Waals surface area contributed by atoms with Crippen molar-refractivity contribution in [1.29, 1.82) is 0 Å². The van der Waals surface area contributed by atoms with Gasteiger partial charge in [-0.05, 0) is 77.4 Å². The van der Waals surface area contributed by atoms with Crippen molar-refractivity contribution in [3.8, 4) is 28.6 Å². The van der Waals surface area contributed by atoms with E-state index in [9.17, 15) is 0 Å². The molecule has 0 radical (unpaired) electrons. The summed E-state index contributed by atoms with van der Waals surface area (Å²) >= 11 is 0. The summed E-state index contributed by atoms with van der Waals surface area (Å²) in [5.74, 6) is 2.35. The largest absolute Gasteiger partial charge is 0.457 e. The Morgan fingerprint density at radius 2 is 1.13 bits per heavy atom. The number of ether oxygens (including phenoxy) is 1. The fourth-order valence-electron chi connectivity index (χ4n) is 9.86. The van der Waals surface area contributed by atoms with Crippen LogP contribution >= 0.6 is 0 Å². The number of rotatable bonds is 7. The molecule has 4 heterocycles. The van der Waals surface area contributed by atoms with Gasteiger partial charge in [-0.15, -0.1) is 0 Å². The van der Waals surface area contributed by atoms with Crippen molar-refractivity contribution < 1.29 is 4.74 Å². The Morgan fingerprint density at radius 3 is 1.89 bits per heavy atom. The summed E-state index contributed by atoms with van der Waals surface area (Å²) < 4.78 is 11.1.